The summed E-state index contributed by atoms with van der Waals surface area (Å²) in [5, 5.41) is 9.11. The molecule has 0 unspecified atom stereocenters. The molecule has 1 saturated heterocycles. The maximum Gasteiger partial charge on any atom is 0.348 e. The van der Waals surface area contributed by atoms with Gasteiger partial charge in [0, 0.05) is 19.7 Å². The predicted octanol–water partition coefficient (Wildman–Crippen LogP) is 1.69. The molecule has 2 heterocycles. The zero-order chi connectivity index (χ0) is 15.6. The average molecular weight is 398 g/mol. The number of carbonyl (C=O) groups excluding carboxylic acids is 1. The quantitative estimate of drug-likeness (QED) is 0.781. The predicted molar refractivity (Wildman–Crippen MR) is 81.9 cm³/mol. The second kappa shape index (κ2) is 6.74. The molecule has 21 heavy (non-hydrogen) atoms. The fourth-order valence-electron chi connectivity index (χ4n) is 2.20. The first-order valence-electron chi connectivity index (χ1n) is 6.38. The molecule has 118 valence electrons. The van der Waals surface area contributed by atoms with Crippen molar-refractivity contribution in [2.75, 3.05) is 26.8 Å². The number of ether oxygens (including phenoxy) is 1. The van der Waals surface area contributed by atoms with E-state index in [9.17, 15) is 13.2 Å². The minimum Gasteiger partial charge on any atom is -0.465 e. The van der Waals surface area contributed by atoms with Gasteiger partial charge < -0.3 is 9.84 Å². The van der Waals surface area contributed by atoms with E-state index in [1.807, 2.05) is 0 Å². The van der Waals surface area contributed by atoms with E-state index in [1.54, 1.807) is 0 Å². The van der Waals surface area contributed by atoms with Crippen LogP contribution in [0, 0.1) is 5.92 Å². The summed E-state index contributed by atoms with van der Waals surface area (Å²) in [6, 6.07) is 1.34. The van der Waals surface area contributed by atoms with Gasteiger partial charge in [0.2, 0.25) is 10.0 Å². The van der Waals surface area contributed by atoms with Crippen molar-refractivity contribution in [3.63, 3.8) is 0 Å². The van der Waals surface area contributed by atoms with Gasteiger partial charge in [-0.2, -0.15) is 4.31 Å². The number of nitrogens with zero attached hydrogens (tertiary/aromatic N) is 1. The molecule has 0 atom stereocenters. The third kappa shape index (κ3) is 3.48. The van der Waals surface area contributed by atoms with Crippen molar-refractivity contribution in [2.24, 2.45) is 5.92 Å². The molecule has 1 aliphatic heterocycles. The van der Waals surface area contributed by atoms with Crippen molar-refractivity contribution < 1.29 is 23.1 Å². The van der Waals surface area contributed by atoms with Crippen molar-refractivity contribution in [1.82, 2.24) is 4.31 Å². The Morgan fingerprint density at radius 2 is 2.14 bits per heavy atom. The normalized spacial score (nSPS) is 17.9. The zero-order valence-corrected chi connectivity index (χ0v) is 14.6. The number of aliphatic hydroxyl groups excluding tert-OH is 1. The molecule has 1 aromatic heterocycles. The van der Waals surface area contributed by atoms with Crippen LogP contribution in [-0.4, -0.2) is 50.6 Å². The first-order valence-corrected chi connectivity index (χ1v) is 9.43. The lowest BCUT2D eigenvalue weighted by atomic mass is 10.00. The molecule has 1 aliphatic rings. The molecule has 0 aliphatic carbocycles. The molecule has 0 radical (unpaired) electrons. The monoisotopic (exact) mass is 397 g/mol. The fourth-order valence-corrected chi connectivity index (χ4v) is 6.10. The number of methoxy groups -OCH3 is 1. The standard InChI is InChI=1S/C12H16BrNO5S2/c1-19-12(16)9-6-10(11(13)20-9)21(17,18)14-4-2-8(7-15)3-5-14/h6,8,15H,2-5,7H2,1H3. The number of rotatable bonds is 4. The van der Waals surface area contributed by atoms with Gasteiger partial charge in [-0.05, 0) is 40.8 Å². The lowest BCUT2D eigenvalue weighted by Crippen LogP contribution is -2.39. The van der Waals surface area contributed by atoms with E-state index in [1.165, 1.54) is 17.5 Å². The molecule has 0 bridgehead atoms. The molecule has 9 heteroatoms. The van der Waals surface area contributed by atoms with Gasteiger partial charge in [-0.3, -0.25) is 0 Å². The van der Waals surface area contributed by atoms with Crippen LogP contribution in [0.25, 0.3) is 0 Å². The van der Waals surface area contributed by atoms with Crippen molar-refractivity contribution in [1.29, 1.82) is 0 Å². The Morgan fingerprint density at radius 1 is 1.52 bits per heavy atom. The molecule has 0 saturated carbocycles. The Hall–Kier alpha value is -0.480. The van der Waals surface area contributed by atoms with Crippen molar-refractivity contribution in [3.8, 4) is 0 Å². The number of piperidine rings is 1. The number of halogens is 1. The first kappa shape index (κ1) is 16.9. The number of sulfonamides is 1. The Morgan fingerprint density at radius 3 is 2.67 bits per heavy atom. The number of hydrogen-bond donors (Lipinski definition) is 1. The van der Waals surface area contributed by atoms with Gasteiger partial charge >= 0.3 is 5.97 Å². The van der Waals surface area contributed by atoms with Crippen LogP contribution in [0.3, 0.4) is 0 Å². The molecule has 1 aromatic rings. The summed E-state index contributed by atoms with van der Waals surface area (Å²) < 4.78 is 31.6. The second-order valence-corrected chi connectivity index (χ2v) is 9.05. The molecule has 0 aromatic carbocycles. The molecule has 0 amide bonds. The highest BCUT2D eigenvalue weighted by atomic mass is 79.9. The maximum absolute atomic E-state index is 12.6. The third-order valence-corrected chi connectivity index (χ3v) is 7.62. The lowest BCUT2D eigenvalue weighted by Gasteiger charge is -2.30. The number of hydrogen-bond acceptors (Lipinski definition) is 6. The van der Waals surface area contributed by atoms with Gasteiger partial charge in [0.05, 0.1) is 10.9 Å². The minimum atomic E-state index is -3.64. The second-order valence-electron chi connectivity index (χ2n) is 4.77. The molecule has 6 nitrogen and oxygen atoms in total. The summed E-state index contributed by atoms with van der Waals surface area (Å²) in [6.45, 7) is 0.843. The van der Waals surface area contributed by atoms with Crippen LogP contribution in [-0.2, 0) is 14.8 Å². The minimum absolute atomic E-state index is 0.0858. The largest absolute Gasteiger partial charge is 0.465 e. The first-order chi connectivity index (χ1) is 9.90. The number of esters is 1. The van der Waals surface area contributed by atoms with E-state index < -0.39 is 16.0 Å². The Kier molecular flexibility index (Phi) is 5.42. The lowest BCUT2D eigenvalue weighted by molar-refractivity contribution is 0.0606. The number of aliphatic hydroxyl groups is 1. The van der Waals surface area contributed by atoms with Crippen LogP contribution in [0.15, 0.2) is 14.7 Å². The zero-order valence-electron chi connectivity index (χ0n) is 11.4. The average Bonchev–Trinajstić information content (AvgIpc) is 2.89. The van der Waals surface area contributed by atoms with Gasteiger partial charge in [-0.1, -0.05) is 0 Å². The van der Waals surface area contributed by atoms with Crippen LogP contribution in [0.1, 0.15) is 22.5 Å². The molecule has 1 N–H and O–H groups in total. The fraction of sp³-hybridized carbons (Fsp3) is 0.583. The molecular weight excluding hydrogens is 382 g/mol. The summed E-state index contributed by atoms with van der Waals surface area (Å²) in [5.41, 5.74) is 0. The van der Waals surface area contributed by atoms with E-state index in [4.69, 9.17) is 5.11 Å². The van der Waals surface area contributed by atoms with Crippen LogP contribution < -0.4 is 0 Å². The van der Waals surface area contributed by atoms with Gasteiger partial charge in [0.25, 0.3) is 0 Å². The molecule has 2 rings (SSSR count). The summed E-state index contributed by atoms with van der Waals surface area (Å²) in [6.07, 6.45) is 1.28. The van der Waals surface area contributed by atoms with E-state index in [-0.39, 0.29) is 22.3 Å². The van der Waals surface area contributed by atoms with Gasteiger partial charge in [-0.25, -0.2) is 13.2 Å². The maximum atomic E-state index is 12.6. The van der Waals surface area contributed by atoms with E-state index in [0.29, 0.717) is 29.7 Å². The molecule has 1 fully saturated rings. The highest BCUT2D eigenvalue weighted by Crippen LogP contribution is 2.35. The summed E-state index contributed by atoms with van der Waals surface area (Å²) in [7, 11) is -2.38. The van der Waals surface area contributed by atoms with Gasteiger partial charge in [-0.15, -0.1) is 11.3 Å². The highest BCUT2D eigenvalue weighted by Gasteiger charge is 2.32. The van der Waals surface area contributed by atoms with E-state index in [2.05, 4.69) is 20.7 Å². The Bertz CT molecular complexity index is 620. The van der Waals surface area contributed by atoms with E-state index >= 15 is 0 Å². The van der Waals surface area contributed by atoms with Gasteiger partial charge in [0.15, 0.2) is 0 Å². The summed E-state index contributed by atoms with van der Waals surface area (Å²) >= 11 is 4.25. The van der Waals surface area contributed by atoms with Crippen molar-refractivity contribution >= 4 is 43.3 Å². The Labute approximate surface area is 135 Å². The smallest absolute Gasteiger partial charge is 0.348 e. The third-order valence-electron chi connectivity index (χ3n) is 3.49. The van der Waals surface area contributed by atoms with Crippen LogP contribution in [0.4, 0.5) is 0 Å². The summed E-state index contributed by atoms with van der Waals surface area (Å²) in [4.78, 5) is 11.8. The molecular formula is C12H16BrNO5S2. The van der Waals surface area contributed by atoms with Crippen molar-refractivity contribution in [3.05, 3.63) is 14.7 Å². The molecule has 0 spiro atoms. The van der Waals surface area contributed by atoms with Crippen LogP contribution in [0.2, 0.25) is 0 Å². The highest BCUT2D eigenvalue weighted by molar-refractivity contribution is 9.11. The van der Waals surface area contributed by atoms with Crippen LogP contribution in [0.5, 0.6) is 0 Å². The van der Waals surface area contributed by atoms with E-state index in [0.717, 1.165) is 11.3 Å². The SMILES string of the molecule is COC(=O)c1cc(S(=O)(=O)N2CCC(CO)CC2)c(Br)s1. The summed E-state index contributed by atoms with van der Waals surface area (Å²) in [5.74, 6) is -0.394. The Balaban J connectivity index is 2.24. The topological polar surface area (TPSA) is 83.9 Å². The van der Waals surface area contributed by atoms with Crippen molar-refractivity contribution in [2.45, 2.75) is 17.7 Å². The number of thiophene rings is 1. The van der Waals surface area contributed by atoms with Crippen LogP contribution >= 0.6 is 27.3 Å². The number of carbonyl (C=O) groups is 1. The van der Waals surface area contributed by atoms with Gasteiger partial charge in [0.1, 0.15) is 9.77 Å².